The molecular formula is C11H8Cl2O. The van der Waals surface area contributed by atoms with Crippen LogP contribution in [0.1, 0.15) is 11.1 Å². The zero-order chi connectivity index (χ0) is 9.97. The summed E-state index contributed by atoms with van der Waals surface area (Å²) in [5.74, 6) is 0. The van der Waals surface area contributed by atoms with E-state index in [4.69, 9.17) is 27.6 Å². The quantitative estimate of drug-likeness (QED) is 0.750. The van der Waals surface area contributed by atoms with Gasteiger partial charge < -0.3 is 4.42 Å². The molecule has 0 saturated heterocycles. The van der Waals surface area contributed by atoms with Crippen LogP contribution >= 0.6 is 23.2 Å². The molecule has 0 aliphatic rings. The van der Waals surface area contributed by atoms with E-state index in [1.54, 1.807) is 18.6 Å². The van der Waals surface area contributed by atoms with Gasteiger partial charge in [0.15, 0.2) is 0 Å². The van der Waals surface area contributed by atoms with Crippen molar-refractivity contribution in [1.82, 2.24) is 0 Å². The second-order valence-electron chi connectivity index (χ2n) is 3.06. The molecule has 72 valence electrons. The zero-order valence-corrected chi connectivity index (χ0v) is 8.85. The van der Waals surface area contributed by atoms with Gasteiger partial charge in [-0.3, -0.25) is 0 Å². The lowest BCUT2D eigenvalue weighted by Gasteiger charge is -2.00. The number of rotatable bonds is 2. The van der Waals surface area contributed by atoms with Gasteiger partial charge in [-0.2, -0.15) is 0 Å². The summed E-state index contributed by atoms with van der Waals surface area (Å²) >= 11 is 11.7. The minimum atomic E-state index is 0.586. The summed E-state index contributed by atoms with van der Waals surface area (Å²) in [6.45, 7) is 0. The Labute approximate surface area is 92.3 Å². The molecule has 0 unspecified atom stereocenters. The van der Waals surface area contributed by atoms with Crippen LogP contribution in [0, 0.1) is 0 Å². The lowest BCUT2D eigenvalue weighted by molar-refractivity contribution is 0.564. The third-order valence-electron chi connectivity index (χ3n) is 1.97. The standard InChI is InChI=1S/C11H8Cl2O/c12-10-2-1-8(6-11(10)13)5-9-3-4-14-7-9/h1-4,6-7H,5H2. The molecule has 1 heterocycles. The molecular weight excluding hydrogens is 219 g/mol. The molecule has 0 aliphatic carbocycles. The van der Waals surface area contributed by atoms with E-state index in [-0.39, 0.29) is 0 Å². The van der Waals surface area contributed by atoms with Crippen LogP contribution in [0.25, 0.3) is 0 Å². The molecule has 0 N–H and O–H groups in total. The molecule has 0 fully saturated rings. The molecule has 0 spiro atoms. The normalized spacial score (nSPS) is 10.4. The third kappa shape index (κ3) is 2.11. The summed E-state index contributed by atoms with van der Waals surface area (Å²) in [5, 5.41) is 1.18. The first-order valence-corrected chi connectivity index (χ1v) is 4.96. The van der Waals surface area contributed by atoms with Crippen LogP contribution in [-0.2, 0) is 6.42 Å². The van der Waals surface area contributed by atoms with Crippen molar-refractivity contribution < 1.29 is 4.42 Å². The molecule has 0 aliphatic heterocycles. The van der Waals surface area contributed by atoms with Gasteiger partial charge in [0, 0.05) is 6.42 Å². The molecule has 0 radical (unpaired) electrons. The molecule has 1 aromatic heterocycles. The Morgan fingerprint density at radius 2 is 1.86 bits per heavy atom. The average Bonchev–Trinajstić information content (AvgIpc) is 2.64. The second kappa shape index (κ2) is 4.07. The summed E-state index contributed by atoms with van der Waals surface area (Å²) in [6.07, 6.45) is 4.20. The van der Waals surface area contributed by atoms with Gasteiger partial charge in [-0.15, -0.1) is 0 Å². The van der Waals surface area contributed by atoms with Crippen LogP contribution < -0.4 is 0 Å². The Morgan fingerprint density at radius 3 is 2.50 bits per heavy atom. The van der Waals surface area contributed by atoms with Crippen LogP contribution in [0.3, 0.4) is 0 Å². The van der Waals surface area contributed by atoms with Gasteiger partial charge in [0.2, 0.25) is 0 Å². The van der Waals surface area contributed by atoms with Crippen molar-refractivity contribution in [3.05, 3.63) is 58.0 Å². The topological polar surface area (TPSA) is 13.1 Å². The van der Waals surface area contributed by atoms with Gasteiger partial charge >= 0.3 is 0 Å². The van der Waals surface area contributed by atoms with Crippen LogP contribution in [0.2, 0.25) is 10.0 Å². The molecule has 1 aromatic carbocycles. The lowest BCUT2D eigenvalue weighted by atomic mass is 10.1. The van der Waals surface area contributed by atoms with Crippen molar-refractivity contribution in [2.24, 2.45) is 0 Å². The highest BCUT2D eigenvalue weighted by atomic mass is 35.5. The molecule has 0 amide bonds. The molecule has 0 bridgehead atoms. The predicted octanol–water partition coefficient (Wildman–Crippen LogP) is 4.18. The van der Waals surface area contributed by atoms with E-state index in [9.17, 15) is 0 Å². The van der Waals surface area contributed by atoms with E-state index in [2.05, 4.69) is 0 Å². The van der Waals surface area contributed by atoms with Gasteiger partial charge in [-0.1, -0.05) is 29.3 Å². The van der Waals surface area contributed by atoms with Crippen molar-refractivity contribution in [3.63, 3.8) is 0 Å². The highest BCUT2D eigenvalue weighted by molar-refractivity contribution is 6.42. The van der Waals surface area contributed by atoms with Gasteiger partial charge in [0.05, 0.1) is 22.6 Å². The fraction of sp³-hybridized carbons (Fsp3) is 0.0909. The first-order chi connectivity index (χ1) is 6.75. The van der Waals surface area contributed by atoms with Gasteiger partial charge in [-0.25, -0.2) is 0 Å². The minimum absolute atomic E-state index is 0.586. The Morgan fingerprint density at radius 1 is 1.00 bits per heavy atom. The third-order valence-corrected chi connectivity index (χ3v) is 2.71. The Balaban J connectivity index is 2.22. The fourth-order valence-corrected chi connectivity index (χ4v) is 1.60. The monoisotopic (exact) mass is 226 g/mol. The van der Waals surface area contributed by atoms with E-state index in [1.807, 2.05) is 18.2 Å². The van der Waals surface area contributed by atoms with E-state index >= 15 is 0 Å². The van der Waals surface area contributed by atoms with E-state index < -0.39 is 0 Å². The molecule has 2 rings (SSSR count). The van der Waals surface area contributed by atoms with Crippen molar-refractivity contribution in [2.45, 2.75) is 6.42 Å². The maximum Gasteiger partial charge on any atom is 0.0937 e. The number of benzene rings is 1. The SMILES string of the molecule is Clc1ccc(Cc2ccoc2)cc1Cl. The maximum absolute atomic E-state index is 5.90. The van der Waals surface area contributed by atoms with E-state index in [0.29, 0.717) is 10.0 Å². The maximum atomic E-state index is 5.90. The van der Waals surface area contributed by atoms with Crippen molar-refractivity contribution in [1.29, 1.82) is 0 Å². The summed E-state index contributed by atoms with van der Waals surface area (Å²) in [6, 6.07) is 7.57. The summed E-state index contributed by atoms with van der Waals surface area (Å²) in [4.78, 5) is 0. The van der Waals surface area contributed by atoms with Crippen molar-refractivity contribution in [3.8, 4) is 0 Å². The average molecular weight is 227 g/mol. The summed E-state index contributed by atoms with van der Waals surface area (Å²) in [5.41, 5.74) is 2.25. The van der Waals surface area contributed by atoms with Crippen LogP contribution in [0.5, 0.6) is 0 Å². The predicted molar refractivity (Wildman–Crippen MR) is 58.0 cm³/mol. The molecule has 14 heavy (non-hydrogen) atoms. The largest absolute Gasteiger partial charge is 0.472 e. The molecule has 0 atom stereocenters. The molecule has 2 aromatic rings. The zero-order valence-electron chi connectivity index (χ0n) is 7.34. The van der Waals surface area contributed by atoms with E-state index in [1.165, 1.54) is 0 Å². The molecule has 3 heteroatoms. The number of furan rings is 1. The summed E-state index contributed by atoms with van der Waals surface area (Å²) < 4.78 is 4.98. The second-order valence-corrected chi connectivity index (χ2v) is 3.87. The number of halogens is 2. The Hall–Kier alpha value is -0.920. The first-order valence-electron chi connectivity index (χ1n) is 4.21. The van der Waals surface area contributed by atoms with Gasteiger partial charge in [-0.05, 0) is 29.3 Å². The smallest absolute Gasteiger partial charge is 0.0937 e. The van der Waals surface area contributed by atoms with Gasteiger partial charge in [0.25, 0.3) is 0 Å². The lowest BCUT2D eigenvalue weighted by Crippen LogP contribution is -1.85. The first kappa shape index (κ1) is 9.63. The number of hydrogen-bond donors (Lipinski definition) is 0. The van der Waals surface area contributed by atoms with Crippen molar-refractivity contribution >= 4 is 23.2 Å². The van der Waals surface area contributed by atoms with Crippen LogP contribution in [0.15, 0.2) is 41.2 Å². The Bertz CT molecular complexity index is 421. The highest BCUT2D eigenvalue weighted by Gasteiger charge is 2.01. The number of hydrogen-bond acceptors (Lipinski definition) is 1. The minimum Gasteiger partial charge on any atom is -0.472 e. The highest BCUT2D eigenvalue weighted by Crippen LogP contribution is 2.23. The summed E-state index contributed by atoms with van der Waals surface area (Å²) in [7, 11) is 0. The van der Waals surface area contributed by atoms with Crippen LogP contribution in [-0.4, -0.2) is 0 Å². The Kier molecular flexibility index (Phi) is 2.80. The molecule has 1 nitrogen and oxygen atoms in total. The van der Waals surface area contributed by atoms with E-state index in [0.717, 1.165) is 17.5 Å². The van der Waals surface area contributed by atoms with Crippen molar-refractivity contribution in [2.75, 3.05) is 0 Å². The van der Waals surface area contributed by atoms with Crippen LogP contribution in [0.4, 0.5) is 0 Å². The fourth-order valence-electron chi connectivity index (χ4n) is 1.28. The molecule has 0 saturated carbocycles. The van der Waals surface area contributed by atoms with Gasteiger partial charge in [0.1, 0.15) is 0 Å².